The number of halogens is 3. The van der Waals surface area contributed by atoms with E-state index < -0.39 is 11.7 Å². The number of carbonyl (C=O) groups is 1. The minimum Gasteiger partial charge on any atom is -0.497 e. The largest absolute Gasteiger partial charge is 0.497 e. The summed E-state index contributed by atoms with van der Waals surface area (Å²) in [5.74, 6) is 0.781. The molecule has 0 spiro atoms. The second-order valence-corrected chi connectivity index (χ2v) is 8.29. The van der Waals surface area contributed by atoms with Crippen LogP contribution in [0.3, 0.4) is 0 Å². The molecule has 1 aliphatic heterocycles. The number of ether oxygens (including phenoxy) is 1. The topological polar surface area (TPSA) is 38.9 Å². The maximum atomic E-state index is 13.3. The predicted molar refractivity (Wildman–Crippen MR) is 118 cm³/mol. The maximum Gasteiger partial charge on any atom is 0.416 e. The van der Waals surface area contributed by atoms with E-state index in [4.69, 9.17) is 4.74 Å². The second-order valence-electron chi connectivity index (χ2n) is 8.29. The molecule has 0 atom stereocenters. The number of nitrogens with zero attached hydrogens (tertiary/aromatic N) is 2. The molecular formula is C24H27F3N3O2+. The number of aromatic nitrogens is 1. The quantitative estimate of drug-likeness (QED) is 0.613. The lowest BCUT2D eigenvalue weighted by molar-refractivity contribution is -0.892. The van der Waals surface area contributed by atoms with E-state index in [0.717, 1.165) is 27.6 Å². The molecular weight excluding hydrogens is 419 g/mol. The van der Waals surface area contributed by atoms with Crippen LogP contribution in [0.5, 0.6) is 5.75 Å². The van der Waals surface area contributed by atoms with Crippen molar-refractivity contribution in [2.24, 2.45) is 7.05 Å². The van der Waals surface area contributed by atoms with Crippen LogP contribution in [0.4, 0.5) is 18.9 Å². The SMILES string of the molecule is COc1ccc2c(c1)c(C(=O)C[NH+]1CCN(c3cccc(C(F)(F)F)c3)CC1)c(C)n2C. The number of quaternary nitrogens is 1. The summed E-state index contributed by atoms with van der Waals surface area (Å²) in [6.45, 7) is 4.89. The second kappa shape index (κ2) is 8.50. The summed E-state index contributed by atoms with van der Waals surface area (Å²) in [6, 6.07) is 11.2. The van der Waals surface area contributed by atoms with E-state index >= 15 is 0 Å². The van der Waals surface area contributed by atoms with Crippen molar-refractivity contribution in [2.75, 3.05) is 44.7 Å². The Morgan fingerprint density at radius 1 is 1.12 bits per heavy atom. The summed E-state index contributed by atoms with van der Waals surface area (Å²) in [4.78, 5) is 16.3. The van der Waals surface area contributed by atoms with E-state index in [0.29, 0.717) is 49.7 Å². The van der Waals surface area contributed by atoms with Gasteiger partial charge in [-0.05, 0) is 43.3 Å². The highest BCUT2D eigenvalue weighted by atomic mass is 19.4. The third-order valence-corrected chi connectivity index (χ3v) is 6.40. The van der Waals surface area contributed by atoms with E-state index in [-0.39, 0.29) is 5.78 Å². The molecule has 0 aliphatic carbocycles. The molecule has 170 valence electrons. The fraction of sp³-hybridized carbons (Fsp3) is 0.375. The lowest BCUT2D eigenvalue weighted by atomic mass is 10.1. The van der Waals surface area contributed by atoms with Gasteiger partial charge in [0.25, 0.3) is 0 Å². The number of carbonyl (C=O) groups excluding carboxylic acids is 1. The van der Waals surface area contributed by atoms with Gasteiger partial charge in [0.2, 0.25) is 5.78 Å². The van der Waals surface area contributed by atoms with Crippen LogP contribution >= 0.6 is 0 Å². The highest BCUT2D eigenvalue weighted by molar-refractivity contribution is 6.10. The van der Waals surface area contributed by atoms with Crippen molar-refractivity contribution in [2.45, 2.75) is 13.1 Å². The zero-order chi connectivity index (χ0) is 23.0. The van der Waals surface area contributed by atoms with E-state index in [9.17, 15) is 18.0 Å². The van der Waals surface area contributed by atoms with Gasteiger partial charge in [0.05, 0.1) is 44.4 Å². The van der Waals surface area contributed by atoms with Gasteiger partial charge in [-0.2, -0.15) is 13.2 Å². The normalized spacial score (nSPS) is 15.4. The Labute approximate surface area is 185 Å². The van der Waals surface area contributed by atoms with Crippen molar-refractivity contribution in [3.63, 3.8) is 0 Å². The Hall–Kier alpha value is -3.00. The van der Waals surface area contributed by atoms with Gasteiger partial charge < -0.3 is 19.1 Å². The molecule has 1 saturated heterocycles. The van der Waals surface area contributed by atoms with Crippen molar-refractivity contribution in [1.29, 1.82) is 0 Å². The number of aryl methyl sites for hydroxylation is 1. The number of hydrogen-bond acceptors (Lipinski definition) is 3. The van der Waals surface area contributed by atoms with Gasteiger partial charge in [0.15, 0.2) is 0 Å². The van der Waals surface area contributed by atoms with Crippen LogP contribution in [-0.2, 0) is 13.2 Å². The van der Waals surface area contributed by atoms with Gasteiger partial charge in [-0.3, -0.25) is 4.79 Å². The number of Topliss-reactive ketones (excluding diaryl/α,β-unsaturated/α-hetero) is 1. The average Bonchev–Trinajstić information content (AvgIpc) is 3.03. The number of alkyl halides is 3. The third kappa shape index (κ3) is 4.19. The summed E-state index contributed by atoms with van der Waals surface area (Å²) < 4.78 is 46.4. The summed E-state index contributed by atoms with van der Waals surface area (Å²) in [7, 11) is 3.55. The third-order valence-electron chi connectivity index (χ3n) is 6.40. The van der Waals surface area contributed by atoms with Gasteiger partial charge in [-0.15, -0.1) is 0 Å². The van der Waals surface area contributed by atoms with Crippen molar-refractivity contribution < 1.29 is 27.6 Å². The number of fused-ring (bicyclic) bond motifs is 1. The number of benzene rings is 2. The number of anilines is 1. The minimum absolute atomic E-state index is 0.0730. The monoisotopic (exact) mass is 446 g/mol. The summed E-state index contributed by atoms with van der Waals surface area (Å²) in [5, 5.41) is 0.886. The first-order valence-corrected chi connectivity index (χ1v) is 10.6. The van der Waals surface area contributed by atoms with Crippen molar-refractivity contribution in [3.8, 4) is 5.75 Å². The van der Waals surface area contributed by atoms with Crippen molar-refractivity contribution in [1.82, 2.24) is 4.57 Å². The van der Waals surface area contributed by atoms with Crippen LogP contribution in [0.1, 0.15) is 21.6 Å². The standard InChI is InChI=1S/C24H26F3N3O2/c1-16-23(20-14-19(32-3)7-8-21(20)28(16)2)22(31)15-29-9-11-30(12-10-29)18-6-4-5-17(13-18)24(25,26)27/h4-8,13-14H,9-12,15H2,1-3H3/p+1. The van der Waals surface area contributed by atoms with Crippen molar-refractivity contribution in [3.05, 3.63) is 59.3 Å². The number of hydrogen-bond donors (Lipinski definition) is 1. The molecule has 32 heavy (non-hydrogen) atoms. The first-order valence-electron chi connectivity index (χ1n) is 10.6. The average molecular weight is 446 g/mol. The molecule has 2 heterocycles. The first kappa shape index (κ1) is 22.2. The molecule has 1 aromatic heterocycles. The molecule has 1 fully saturated rings. The Morgan fingerprint density at radius 2 is 1.84 bits per heavy atom. The Morgan fingerprint density at radius 3 is 2.50 bits per heavy atom. The lowest BCUT2D eigenvalue weighted by Gasteiger charge is -2.33. The fourth-order valence-corrected chi connectivity index (χ4v) is 4.48. The first-order chi connectivity index (χ1) is 15.2. The van der Waals surface area contributed by atoms with E-state index in [1.165, 1.54) is 12.1 Å². The van der Waals surface area contributed by atoms with Gasteiger partial charge in [-0.1, -0.05) is 6.07 Å². The molecule has 0 bridgehead atoms. The predicted octanol–water partition coefficient (Wildman–Crippen LogP) is 3.10. The molecule has 3 aromatic rings. The van der Waals surface area contributed by atoms with E-state index in [1.807, 2.05) is 41.6 Å². The Bertz CT molecular complexity index is 1150. The van der Waals surface area contributed by atoms with Crippen molar-refractivity contribution >= 4 is 22.4 Å². The molecule has 5 nitrogen and oxygen atoms in total. The van der Waals surface area contributed by atoms with Crippen LogP contribution in [0.15, 0.2) is 42.5 Å². The lowest BCUT2D eigenvalue weighted by Crippen LogP contribution is -3.15. The molecule has 1 aliphatic rings. The van der Waals surface area contributed by atoms with Crippen LogP contribution in [0.2, 0.25) is 0 Å². The zero-order valence-electron chi connectivity index (χ0n) is 18.4. The number of methoxy groups -OCH3 is 1. The smallest absolute Gasteiger partial charge is 0.416 e. The summed E-state index contributed by atoms with van der Waals surface area (Å²) >= 11 is 0. The molecule has 8 heteroatoms. The zero-order valence-corrected chi connectivity index (χ0v) is 18.4. The molecule has 2 aromatic carbocycles. The molecule has 0 unspecified atom stereocenters. The van der Waals surface area contributed by atoms with E-state index in [1.54, 1.807) is 13.2 Å². The van der Waals surface area contributed by atoms with Gasteiger partial charge in [0.1, 0.15) is 12.3 Å². The molecule has 1 N–H and O–H groups in total. The van der Waals surface area contributed by atoms with E-state index in [2.05, 4.69) is 0 Å². The molecule has 0 amide bonds. The van der Waals surface area contributed by atoms with Crippen LogP contribution in [0.25, 0.3) is 10.9 Å². The van der Waals surface area contributed by atoms with Gasteiger partial charge in [0, 0.05) is 29.3 Å². The summed E-state index contributed by atoms with van der Waals surface area (Å²) in [6.07, 6.45) is -4.35. The minimum atomic E-state index is -4.35. The number of nitrogens with one attached hydrogen (secondary N) is 1. The van der Waals surface area contributed by atoms with Crippen LogP contribution < -0.4 is 14.5 Å². The maximum absolute atomic E-state index is 13.3. The van der Waals surface area contributed by atoms with Gasteiger partial charge in [-0.25, -0.2) is 0 Å². The molecule has 0 saturated carbocycles. The highest BCUT2D eigenvalue weighted by Gasteiger charge is 2.32. The fourth-order valence-electron chi connectivity index (χ4n) is 4.48. The van der Waals surface area contributed by atoms with Gasteiger partial charge >= 0.3 is 6.18 Å². The Kier molecular flexibility index (Phi) is 5.90. The summed E-state index contributed by atoms with van der Waals surface area (Å²) in [5.41, 5.74) is 2.55. The number of ketones is 1. The molecule has 0 radical (unpaired) electrons. The van der Waals surface area contributed by atoms with Crippen LogP contribution in [0, 0.1) is 6.92 Å². The highest BCUT2D eigenvalue weighted by Crippen LogP contribution is 2.32. The van der Waals surface area contributed by atoms with Crippen LogP contribution in [-0.4, -0.2) is 50.2 Å². The number of piperazine rings is 1. The molecule has 4 rings (SSSR count). The Balaban J connectivity index is 1.46. The number of rotatable bonds is 5.